The highest BCUT2D eigenvalue weighted by Gasteiger charge is 2.50. The number of carbonyl (C=O) groups is 2. The Hall–Kier alpha value is -2.66. The van der Waals surface area contributed by atoms with Gasteiger partial charge in [0.25, 0.3) is 11.8 Å². The van der Waals surface area contributed by atoms with Crippen molar-refractivity contribution in [3.63, 3.8) is 0 Å². The summed E-state index contributed by atoms with van der Waals surface area (Å²) in [4.78, 5) is 28.6. The third kappa shape index (κ3) is 3.99. The van der Waals surface area contributed by atoms with E-state index in [9.17, 15) is 14.7 Å². The van der Waals surface area contributed by atoms with E-state index in [1.165, 1.54) is 24.0 Å². The lowest BCUT2D eigenvalue weighted by Crippen LogP contribution is -2.53. The van der Waals surface area contributed by atoms with Gasteiger partial charge in [-0.15, -0.1) is 0 Å². The third-order valence-electron chi connectivity index (χ3n) is 6.59. The zero-order valence-electron chi connectivity index (χ0n) is 17.2. The number of benzene rings is 2. The lowest BCUT2D eigenvalue weighted by atomic mass is 9.99. The van der Waals surface area contributed by atoms with E-state index in [4.69, 9.17) is 0 Å². The largest absolute Gasteiger partial charge is 0.380 e. The predicted molar refractivity (Wildman–Crippen MR) is 115 cm³/mol. The minimum Gasteiger partial charge on any atom is -0.380 e. The molecule has 0 spiro atoms. The minimum absolute atomic E-state index is 0.00117. The van der Waals surface area contributed by atoms with Crippen LogP contribution in [0.15, 0.2) is 48.5 Å². The van der Waals surface area contributed by atoms with Gasteiger partial charge in [-0.2, -0.15) is 0 Å². The fourth-order valence-electron chi connectivity index (χ4n) is 4.26. The molecule has 5 rings (SSSR count). The molecule has 156 valence electrons. The highest BCUT2D eigenvalue weighted by Crippen LogP contribution is 2.37. The van der Waals surface area contributed by atoms with Crippen LogP contribution in [-0.2, 0) is 11.2 Å². The summed E-state index contributed by atoms with van der Waals surface area (Å²) in [7, 11) is 0. The molecule has 2 aliphatic carbocycles. The van der Waals surface area contributed by atoms with Crippen LogP contribution in [-0.4, -0.2) is 58.5 Å². The van der Waals surface area contributed by atoms with Crippen molar-refractivity contribution >= 4 is 11.8 Å². The first-order chi connectivity index (χ1) is 14.5. The van der Waals surface area contributed by atoms with Gasteiger partial charge < -0.3 is 14.9 Å². The number of nitrogens with zero attached hydrogens (tertiary/aromatic N) is 2. The number of rotatable bonds is 5. The Labute approximate surface area is 177 Å². The summed E-state index contributed by atoms with van der Waals surface area (Å²) < 4.78 is 0. The maximum atomic E-state index is 12.9. The van der Waals surface area contributed by atoms with Crippen LogP contribution in [0, 0.1) is 5.92 Å². The molecule has 30 heavy (non-hydrogen) atoms. The molecule has 2 saturated carbocycles. The van der Waals surface area contributed by atoms with Crippen LogP contribution in [0.2, 0.25) is 0 Å². The van der Waals surface area contributed by atoms with Crippen LogP contribution in [0.5, 0.6) is 0 Å². The molecule has 1 saturated heterocycles. The molecule has 2 amide bonds. The maximum Gasteiger partial charge on any atom is 0.254 e. The standard InChI is InChI=1S/C25H28N2O3/c28-23(26-12-14-27(15-13-26)24(29)25(30)10-11-25)21-8-6-20(7-9-21)22-3-1-2-19(17-22)16-18-4-5-18/h1-3,6-9,17-18,30H,4-5,10-16H2. The van der Waals surface area contributed by atoms with E-state index in [1.807, 2.05) is 24.3 Å². The highest BCUT2D eigenvalue weighted by molar-refractivity contribution is 5.95. The van der Waals surface area contributed by atoms with Crippen LogP contribution < -0.4 is 0 Å². The Kier molecular flexibility index (Phi) is 4.86. The average Bonchev–Trinajstić information content (AvgIpc) is 3.72. The maximum absolute atomic E-state index is 12.9. The Balaban J connectivity index is 1.21. The average molecular weight is 405 g/mol. The van der Waals surface area contributed by atoms with E-state index < -0.39 is 5.60 Å². The van der Waals surface area contributed by atoms with Gasteiger partial charge in [0.15, 0.2) is 0 Å². The van der Waals surface area contributed by atoms with Gasteiger partial charge in [-0.05, 0) is 66.8 Å². The highest BCUT2D eigenvalue weighted by atomic mass is 16.3. The van der Waals surface area contributed by atoms with Gasteiger partial charge in [-0.1, -0.05) is 36.4 Å². The number of piperazine rings is 1. The molecular weight excluding hydrogens is 376 g/mol. The van der Waals surface area contributed by atoms with E-state index in [1.54, 1.807) is 9.80 Å². The molecule has 3 aliphatic rings. The van der Waals surface area contributed by atoms with Crippen molar-refractivity contribution in [3.05, 3.63) is 59.7 Å². The van der Waals surface area contributed by atoms with E-state index in [0.717, 1.165) is 17.9 Å². The second kappa shape index (κ2) is 7.55. The molecule has 1 N–H and O–H groups in total. The molecular formula is C25H28N2O3. The predicted octanol–water partition coefficient (Wildman–Crippen LogP) is 3.12. The Morgan fingerprint density at radius 3 is 2.20 bits per heavy atom. The second-order valence-corrected chi connectivity index (χ2v) is 9.04. The van der Waals surface area contributed by atoms with Gasteiger partial charge in [-0.3, -0.25) is 9.59 Å². The van der Waals surface area contributed by atoms with E-state index >= 15 is 0 Å². The summed E-state index contributed by atoms with van der Waals surface area (Å²) in [6.45, 7) is 1.98. The second-order valence-electron chi connectivity index (χ2n) is 9.04. The normalized spacial score (nSPS) is 20.2. The summed E-state index contributed by atoms with van der Waals surface area (Å²) >= 11 is 0. The third-order valence-corrected chi connectivity index (χ3v) is 6.59. The SMILES string of the molecule is O=C(c1ccc(-c2cccc(CC3CC3)c2)cc1)N1CCN(C(=O)C2(O)CC2)CC1. The quantitative estimate of drug-likeness (QED) is 0.833. The minimum atomic E-state index is -1.13. The molecule has 5 nitrogen and oxygen atoms in total. The van der Waals surface area contributed by atoms with Gasteiger partial charge in [0.1, 0.15) is 5.60 Å². The summed E-state index contributed by atoms with van der Waals surface area (Å²) in [6, 6.07) is 16.5. The molecule has 5 heteroatoms. The zero-order valence-corrected chi connectivity index (χ0v) is 17.2. The van der Waals surface area contributed by atoms with Crippen molar-refractivity contribution in [2.75, 3.05) is 26.2 Å². The summed E-state index contributed by atoms with van der Waals surface area (Å²) in [6.07, 6.45) is 4.98. The van der Waals surface area contributed by atoms with Crippen LogP contribution in [0.3, 0.4) is 0 Å². The zero-order chi connectivity index (χ0) is 20.7. The van der Waals surface area contributed by atoms with Gasteiger partial charge in [0.05, 0.1) is 0 Å². The fraction of sp³-hybridized carbons (Fsp3) is 0.440. The summed E-state index contributed by atoms with van der Waals surface area (Å²) in [5.74, 6) is 0.687. The number of aliphatic hydroxyl groups is 1. The first-order valence-electron chi connectivity index (χ1n) is 11.0. The van der Waals surface area contributed by atoms with Crippen LogP contribution in [0.4, 0.5) is 0 Å². The number of amides is 2. The molecule has 1 heterocycles. The van der Waals surface area contributed by atoms with Crippen LogP contribution in [0.25, 0.3) is 11.1 Å². The number of hydrogen-bond donors (Lipinski definition) is 1. The molecule has 3 fully saturated rings. The number of hydrogen-bond acceptors (Lipinski definition) is 3. The van der Waals surface area contributed by atoms with Crippen molar-refractivity contribution in [3.8, 4) is 11.1 Å². The van der Waals surface area contributed by atoms with E-state index in [0.29, 0.717) is 44.6 Å². The molecule has 2 aromatic rings. The van der Waals surface area contributed by atoms with Crippen molar-refractivity contribution < 1.29 is 14.7 Å². The Morgan fingerprint density at radius 1 is 0.900 bits per heavy atom. The first-order valence-corrected chi connectivity index (χ1v) is 11.0. The van der Waals surface area contributed by atoms with Gasteiger partial charge >= 0.3 is 0 Å². The Bertz CT molecular complexity index is 953. The van der Waals surface area contributed by atoms with E-state index in [-0.39, 0.29) is 11.8 Å². The molecule has 0 bridgehead atoms. The van der Waals surface area contributed by atoms with Crippen LogP contribution in [0.1, 0.15) is 41.6 Å². The first kappa shape index (κ1) is 19.3. The lowest BCUT2D eigenvalue weighted by molar-refractivity contribution is -0.143. The molecule has 0 radical (unpaired) electrons. The van der Waals surface area contributed by atoms with Crippen molar-refractivity contribution in [1.82, 2.24) is 9.80 Å². The molecule has 0 aromatic heterocycles. The fourth-order valence-corrected chi connectivity index (χ4v) is 4.26. The lowest BCUT2D eigenvalue weighted by Gasteiger charge is -2.35. The Morgan fingerprint density at radius 2 is 1.57 bits per heavy atom. The van der Waals surface area contributed by atoms with Crippen LogP contribution >= 0.6 is 0 Å². The van der Waals surface area contributed by atoms with Gasteiger partial charge in [0, 0.05) is 31.7 Å². The molecule has 2 aromatic carbocycles. The van der Waals surface area contributed by atoms with E-state index in [2.05, 4.69) is 24.3 Å². The smallest absolute Gasteiger partial charge is 0.254 e. The van der Waals surface area contributed by atoms with Gasteiger partial charge in [0.2, 0.25) is 0 Å². The summed E-state index contributed by atoms with van der Waals surface area (Å²) in [5, 5.41) is 10.0. The number of carbonyl (C=O) groups excluding carboxylic acids is 2. The topological polar surface area (TPSA) is 60.9 Å². The van der Waals surface area contributed by atoms with Crippen molar-refractivity contribution in [2.45, 2.75) is 37.7 Å². The summed E-state index contributed by atoms with van der Waals surface area (Å²) in [5.41, 5.74) is 3.25. The molecule has 1 aliphatic heterocycles. The molecule has 0 unspecified atom stereocenters. The molecule has 0 atom stereocenters. The van der Waals surface area contributed by atoms with Crippen molar-refractivity contribution in [1.29, 1.82) is 0 Å². The van der Waals surface area contributed by atoms with Crippen molar-refractivity contribution in [2.24, 2.45) is 5.92 Å². The van der Waals surface area contributed by atoms with Gasteiger partial charge in [-0.25, -0.2) is 0 Å². The monoisotopic (exact) mass is 404 g/mol.